The van der Waals surface area contributed by atoms with Crippen LogP contribution in [-0.4, -0.2) is 21.9 Å². The number of hydrogen-bond donors (Lipinski definition) is 2. The van der Waals surface area contributed by atoms with Crippen LogP contribution >= 0.6 is 0 Å². The van der Waals surface area contributed by atoms with E-state index in [1.165, 1.54) is 18.3 Å². The van der Waals surface area contributed by atoms with Crippen molar-refractivity contribution in [2.45, 2.75) is 26.3 Å². The summed E-state index contributed by atoms with van der Waals surface area (Å²) in [6.45, 7) is 3.94. The number of rotatable bonds is 5. The number of hydrogen-bond acceptors (Lipinski definition) is 4. The van der Waals surface area contributed by atoms with Gasteiger partial charge in [0.1, 0.15) is 23.0 Å². The maximum Gasteiger partial charge on any atom is 0.274 e. The minimum atomic E-state index is -0.847. The zero-order valence-corrected chi connectivity index (χ0v) is 12.2. The van der Waals surface area contributed by atoms with E-state index in [1.54, 1.807) is 0 Å². The molecule has 0 spiro atoms. The molecule has 0 saturated heterocycles. The van der Waals surface area contributed by atoms with E-state index in [2.05, 4.69) is 20.6 Å². The molecule has 1 atom stereocenters. The Hall–Kier alpha value is -2.57. The predicted octanol–water partition coefficient (Wildman–Crippen LogP) is 3.22. The van der Waals surface area contributed by atoms with Crippen LogP contribution in [0.3, 0.4) is 0 Å². The number of anilines is 2. The lowest BCUT2D eigenvalue weighted by atomic mass is 10.2. The van der Waals surface area contributed by atoms with Gasteiger partial charge in [-0.1, -0.05) is 13.0 Å². The molecule has 2 rings (SSSR count). The molecule has 2 aromatic rings. The average molecular weight is 306 g/mol. The van der Waals surface area contributed by atoms with Crippen LogP contribution in [0.2, 0.25) is 0 Å². The molecular formula is C15H16F2N4O. The van der Waals surface area contributed by atoms with Crippen molar-refractivity contribution in [1.29, 1.82) is 0 Å². The van der Waals surface area contributed by atoms with E-state index in [0.717, 1.165) is 18.6 Å². The lowest BCUT2D eigenvalue weighted by molar-refractivity contribution is 0.102. The highest BCUT2D eigenvalue weighted by atomic mass is 19.1. The Labute approximate surface area is 126 Å². The second-order valence-corrected chi connectivity index (χ2v) is 4.77. The van der Waals surface area contributed by atoms with Crippen LogP contribution in [0.5, 0.6) is 0 Å². The Balaban J connectivity index is 2.18. The fourth-order valence-corrected chi connectivity index (χ4v) is 1.67. The third-order valence-corrected chi connectivity index (χ3v) is 3.08. The number of benzene rings is 1. The molecule has 1 unspecified atom stereocenters. The first-order valence-electron chi connectivity index (χ1n) is 6.86. The Bertz CT molecular complexity index is 658. The Kier molecular flexibility index (Phi) is 4.98. The number of amides is 1. The van der Waals surface area contributed by atoms with Crippen LogP contribution in [0.25, 0.3) is 0 Å². The molecule has 116 valence electrons. The Morgan fingerprint density at radius 2 is 1.95 bits per heavy atom. The van der Waals surface area contributed by atoms with E-state index in [9.17, 15) is 13.6 Å². The highest BCUT2D eigenvalue weighted by Crippen LogP contribution is 2.18. The largest absolute Gasteiger partial charge is 0.352 e. The molecule has 2 N–H and O–H groups in total. The fourth-order valence-electron chi connectivity index (χ4n) is 1.67. The van der Waals surface area contributed by atoms with Crippen molar-refractivity contribution in [2.24, 2.45) is 0 Å². The first kappa shape index (κ1) is 15.8. The fraction of sp³-hybridized carbons (Fsp3) is 0.267. The second kappa shape index (κ2) is 6.93. The van der Waals surface area contributed by atoms with Gasteiger partial charge in [0.25, 0.3) is 5.91 Å². The molecule has 0 aliphatic heterocycles. The van der Waals surface area contributed by atoms with Crippen molar-refractivity contribution in [3.8, 4) is 0 Å². The van der Waals surface area contributed by atoms with Crippen LogP contribution in [0.15, 0.2) is 30.5 Å². The first-order chi connectivity index (χ1) is 10.5. The molecular weight excluding hydrogens is 290 g/mol. The van der Waals surface area contributed by atoms with Gasteiger partial charge in [-0.15, -0.1) is 0 Å². The van der Waals surface area contributed by atoms with Crippen molar-refractivity contribution in [1.82, 2.24) is 9.97 Å². The normalized spacial score (nSPS) is 11.8. The summed E-state index contributed by atoms with van der Waals surface area (Å²) >= 11 is 0. The minimum Gasteiger partial charge on any atom is -0.352 e. The summed E-state index contributed by atoms with van der Waals surface area (Å²) in [6, 6.07) is 4.86. The summed E-state index contributed by atoms with van der Waals surface area (Å²) < 4.78 is 27.0. The number of nitrogens with zero attached hydrogens (tertiary/aromatic N) is 2. The summed E-state index contributed by atoms with van der Waals surface area (Å²) in [7, 11) is 0. The minimum absolute atomic E-state index is 0.0171. The number of halogens is 2. The predicted molar refractivity (Wildman–Crippen MR) is 79.7 cm³/mol. The van der Waals surface area contributed by atoms with Gasteiger partial charge in [-0.3, -0.25) is 4.79 Å². The Morgan fingerprint density at radius 1 is 1.27 bits per heavy atom. The van der Waals surface area contributed by atoms with Gasteiger partial charge >= 0.3 is 0 Å². The maximum atomic E-state index is 13.5. The third-order valence-electron chi connectivity index (χ3n) is 3.08. The zero-order chi connectivity index (χ0) is 16.1. The number of para-hydroxylation sites is 1. The molecule has 0 radical (unpaired) electrons. The van der Waals surface area contributed by atoms with Crippen molar-refractivity contribution in [2.75, 3.05) is 10.6 Å². The lowest BCUT2D eigenvalue weighted by Gasteiger charge is -2.12. The average Bonchev–Trinajstić information content (AvgIpc) is 2.51. The van der Waals surface area contributed by atoms with Crippen molar-refractivity contribution < 1.29 is 13.6 Å². The molecule has 0 aliphatic rings. The summed E-state index contributed by atoms with van der Waals surface area (Å²) in [5.74, 6) is -2.12. The van der Waals surface area contributed by atoms with Crippen molar-refractivity contribution in [3.63, 3.8) is 0 Å². The second-order valence-electron chi connectivity index (χ2n) is 4.77. The number of nitrogens with one attached hydrogen (secondary N) is 2. The summed E-state index contributed by atoms with van der Waals surface area (Å²) in [6.07, 6.45) is 2.27. The van der Waals surface area contributed by atoms with Gasteiger partial charge in [-0.2, -0.15) is 0 Å². The maximum absolute atomic E-state index is 13.5. The van der Waals surface area contributed by atoms with E-state index in [4.69, 9.17) is 0 Å². The van der Waals surface area contributed by atoms with E-state index in [1.807, 2.05) is 13.8 Å². The highest BCUT2D eigenvalue weighted by molar-refractivity contribution is 6.03. The molecule has 0 fully saturated rings. The van der Waals surface area contributed by atoms with Gasteiger partial charge in [0.05, 0.1) is 0 Å². The van der Waals surface area contributed by atoms with Crippen molar-refractivity contribution in [3.05, 3.63) is 47.8 Å². The standard InChI is InChI=1S/C15H16F2N4O/c1-3-9(2)19-15-18-8-7-12(20-15)14(22)21-13-10(16)5-4-6-11(13)17/h4-9H,3H2,1-2H3,(H,21,22)(H,18,19,20). The molecule has 0 aliphatic carbocycles. The topological polar surface area (TPSA) is 66.9 Å². The monoisotopic (exact) mass is 306 g/mol. The summed E-state index contributed by atoms with van der Waals surface area (Å²) in [5.41, 5.74) is -0.481. The summed E-state index contributed by atoms with van der Waals surface area (Å²) in [5, 5.41) is 5.21. The molecule has 0 bridgehead atoms. The van der Waals surface area contributed by atoms with Crippen LogP contribution in [0.1, 0.15) is 30.8 Å². The number of carbonyl (C=O) groups is 1. The van der Waals surface area contributed by atoms with E-state index < -0.39 is 23.2 Å². The highest BCUT2D eigenvalue weighted by Gasteiger charge is 2.15. The lowest BCUT2D eigenvalue weighted by Crippen LogP contribution is -2.19. The molecule has 0 saturated carbocycles. The van der Waals surface area contributed by atoms with Gasteiger partial charge in [-0.05, 0) is 31.5 Å². The van der Waals surface area contributed by atoms with E-state index in [0.29, 0.717) is 0 Å². The smallest absolute Gasteiger partial charge is 0.274 e. The quantitative estimate of drug-likeness (QED) is 0.890. The molecule has 7 heteroatoms. The third kappa shape index (κ3) is 3.75. The number of aromatic nitrogens is 2. The van der Waals surface area contributed by atoms with Crippen LogP contribution < -0.4 is 10.6 Å². The van der Waals surface area contributed by atoms with Gasteiger partial charge in [-0.25, -0.2) is 18.7 Å². The van der Waals surface area contributed by atoms with Crippen LogP contribution in [0, 0.1) is 11.6 Å². The van der Waals surface area contributed by atoms with Gasteiger partial charge in [0, 0.05) is 12.2 Å². The molecule has 1 aromatic heterocycles. The number of carbonyl (C=O) groups excluding carboxylic acids is 1. The van der Waals surface area contributed by atoms with Gasteiger partial charge < -0.3 is 10.6 Å². The molecule has 5 nitrogen and oxygen atoms in total. The van der Waals surface area contributed by atoms with E-state index in [-0.39, 0.29) is 17.7 Å². The van der Waals surface area contributed by atoms with Gasteiger partial charge in [0.2, 0.25) is 5.95 Å². The first-order valence-corrected chi connectivity index (χ1v) is 6.86. The molecule has 22 heavy (non-hydrogen) atoms. The Morgan fingerprint density at radius 3 is 2.59 bits per heavy atom. The van der Waals surface area contributed by atoms with Crippen LogP contribution in [0.4, 0.5) is 20.4 Å². The molecule has 1 heterocycles. The summed E-state index contributed by atoms with van der Waals surface area (Å²) in [4.78, 5) is 20.1. The molecule has 1 aromatic carbocycles. The van der Waals surface area contributed by atoms with Gasteiger partial charge in [0.15, 0.2) is 0 Å². The SMILES string of the molecule is CCC(C)Nc1nccc(C(=O)Nc2c(F)cccc2F)n1. The zero-order valence-electron chi connectivity index (χ0n) is 12.2. The molecule has 1 amide bonds. The van der Waals surface area contributed by atoms with E-state index >= 15 is 0 Å². The van der Waals surface area contributed by atoms with Crippen molar-refractivity contribution >= 4 is 17.5 Å². The van der Waals surface area contributed by atoms with Crippen LogP contribution in [-0.2, 0) is 0 Å².